The first kappa shape index (κ1) is 15.2. The van der Waals surface area contributed by atoms with Crippen LogP contribution < -0.4 is 16.0 Å². The second kappa shape index (κ2) is 6.99. The number of hydrogen-bond acceptors (Lipinski definition) is 5. The molecule has 3 N–H and O–H groups in total. The Morgan fingerprint density at radius 2 is 1.81 bits per heavy atom. The quantitative estimate of drug-likeness (QED) is 0.800. The first-order valence-electron chi connectivity index (χ1n) is 6.88. The van der Waals surface area contributed by atoms with Crippen LogP contribution in [0.3, 0.4) is 0 Å². The highest BCUT2D eigenvalue weighted by molar-refractivity contribution is 7.80. The van der Waals surface area contributed by atoms with Gasteiger partial charge in [0.2, 0.25) is 0 Å². The normalized spacial score (nSPS) is 10.2. The van der Waals surface area contributed by atoms with Crippen LogP contribution in [0.4, 0.5) is 17.2 Å². The maximum Gasteiger partial charge on any atom is 0.148 e. The van der Waals surface area contributed by atoms with Crippen LogP contribution in [0.5, 0.6) is 0 Å². The maximum absolute atomic E-state index is 5.49. The van der Waals surface area contributed by atoms with Crippen LogP contribution in [0.25, 0.3) is 0 Å². The predicted molar refractivity (Wildman–Crippen MR) is 91.2 cm³/mol. The highest BCUT2D eigenvalue weighted by Crippen LogP contribution is 2.19. The Kier molecular flexibility index (Phi) is 5.05. The summed E-state index contributed by atoms with van der Waals surface area (Å²) in [5.74, 6) is 0.658. The third kappa shape index (κ3) is 3.88. The molecule has 0 bridgehead atoms. The van der Waals surface area contributed by atoms with Crippen LogP contribution in [0.2, 0.25) is 0 Å². The fourth-order valence-electron chi connectivity index (χ4n) is 2.01. The fraction of sp³-hybridized carbons (Fsp3) is 0.267. The number of nitrogens with zero attached hydrogens (tertiary/aromatic N) is 3. The molecule has 0 aliphatic rings. The molecule has 0 amide bonds. The van der Waals surface area contributed by atoms with E-state index in [1.807, 2.05) is 12.1 Å². The maximum atomic E-state index is 5.49. The van der Waals surface area contributed by atoms with E-state index in [-0.39, 0.29) is 4.99 Å². The van der Waals surface area contributed by atoms with Crippen molar-refractivity contribution in [2.24, 2.45) is 5.73 Å². The number of hydrogen-bond donors (Lipinski definition) is 2. The molecule has 0 radical (unpaired) electrons. The Morgan fingerprint density at radius 1 is 1.14 bits per heavy atom. The average Bonchev–Trinajstić information content (AvgIpc) is 2.51. The minimum Gasteiger partial charge on any atom is -0.388 e. The lowest BCUT2D eigenvalue weighted by Crippen LogP contribution is -2.21. The Morgan fingerprint density at radius 3 is 2.29 bits per heavy atom. The SMILES string of the molecule is CCN(CC)c1ccc(Nc2cnc(C(N)=S)cn2)cc1. The van der Waals surface area contributed by atoms with Crippen LogP contribution in [-0.4, -0.2) is 28.0 Å². The van der Waals surface area contributed by atoms with Gasteiger partial charge in [-0.2, -0.15) is 0 Å². The summed E-state index contributed by atoms with van der Waals surface area (Å²) in [5, 5.41) is 3.20. The average molecular weight is 301 g/mol. The molecule has 0 fully saturated rings. The van der Waals surface area contributed by atoms with E-state index in [2.05, 4.69) is 46.2 Å². The van der Waals surface area contributed by atoms with E-state index in [0.717, 1.165) is 18.8 Å². The summed E-state index contributed by atoms with van der Waals surface area (Å²) in [7, 11) is 0. The largest absolute Gasteiger partial charge is 0.388 e. The molecule has 0 aliphatic heterocycles. The van der Waals surface area contributed by atoms with E-state index >= 15 is 0 Å². The molecular formula is C15H19N5S. The molecule has 2 rings (SSSR count). The molecule has 21 heavy (non-hydrogen) atoms. The van der Waals surface area contributed by atoms with Gasteiger partial charge < -0.3 is 16.0 Å². The summed E-state index contributed by atoms with van der Waals surface area (Å²) in [6, 6.07) is 8.23. The molecule has 5 nitrogen and oxygen atoms in total. The van der Waals surface area contributed by atoms with Crippen molar-refractivity contribution < 1.29 is 0 Å². The van der Waals surface area contributed by atoms with Gasteiger partial charge in [-0.25, -0.2) is 9.97 Å². The summed E-state index contributed by atoms with van der Waals surface area (Å²) in [5.41, 5.74) is 8.18. The molecule has 6 heteroatoms. The molecule has 0 atom stereocenters. The van der Waals surface area contributed by atoms with Gasteiger partial charge in [0, 0.05) is 24.5 Å². The zero-order chi connectivity index (χ0) is 15.2. The number of thiocarbonyl (C=S) groups is 1. The summed E-state index contributed by atoms with van der Waals surface area (Å²) >= 11 is 4.85. The van der Waals surface area contributed by atoms with Crippen molar-refractivity contribution >= 4 is 34.4 Å². The molecule has 0 saturated carbocycles. The Bertz CT molecular complexity index is 590. The monoisotopic (exact) mass is 301 g/mol. The number of nitrogens with two attached hydrogens (primary N) is 1. The van der Waals surface area contributed by atoms with Gasteiger partial charge >= 0.3 is 0 Å². The molecule has 0 saturated heterocycles. The van der Waals surface area contributed by atoms with Crippen molar-refractivity contribution in [3.63, 3.8) is 0 Å². The minimum absolute atomic E-state index is 0.248. The van der Waals surface area contributed by atoms with Gasteiger partial charge in [0.25, 0.3) is 0 Å². The summed E-state index contributed by atoms with van der Waals surface area (Å²) < 4.78 is 0. The van der Waals surface area contributed by atoms with Crippen molar-refractivity contribution in [2.45, 2.75) is 13.8 Å². The Balaban J connectivity index is 2.07. The van der Waals surface area contributed by atoms with Gasteiger partial charge in [0.1, 0.15) is 16.5 Å². The van der Waals surface area contributed by atoms with E-state index in [0.29, 0.717) is 11.5 Å². The van der Waals surface area contributed by atoms with E-state index in [1.54, 1.807) is 12.4 Å². The van der Waals surface area contributed by atoms with Crippen LogP contribution >= 0.6 is 12.2 Å². The standard InChI is InChI=1S/C15H19N5S/c1-3-20(4-2)12-7-5-11(6-8-12)19-14-10-17-13(9-18-14)15(16)21/h5-10H,3-4H2,1-2H3,(H2,16,21)(H,18,19). The van der Waals surface area contributed by atoms with E-state index < -0.39 is 0 Å². The smallest absolute Gasteiger partial charge is 0.148 e. The van der Waals surface area contributed by atoms with Crippen LogP contribution in [0, 0.1) is 0 Å². The Labute approximate surface area is 130 Å². The fourth-order valence-corrected chi connectivity index (χ4v) is 2.12. The second-order valence-electron chi connectivity index (χ2n) is 4.50. The predicted octanol–water partition coefficient (Wildman–Crippen LogP) is 2.70. The van der Waals surface area contributed by atoms with Crippen LogP contribution in [-0.2, 0) is 0 Å². The molecular weight excluding hydrogens is 282 g/mol. The van der Waals surface area contributed by atoms with Crippen molar-refractivity contribution in [3.8, 4) is 0 Å². The second-order valence-corrected chi connectivity index (χ2v) is 4.94. The van der Waals surface area contributed by atoms with Crippen LogP contribution in [0.15, 0.2) is 36.7 Å². The number of aromatic nitrogens is 2. The van der Waals surface area contributed by atoms with E-state index in [9.17, 15) is 0 Å². The molecule has 0 aliphatic carbocycles. The first-order chi connectivity index (χ1) is 10.1. The van der Waals surface area contributed by atoms with Gasteiger partial charge in [-0.3, -0.25) is 0 Å². The van der Waals surface area contributed by atoms with Crippen molar-refractivity contribution in [1.82, 2.24) is 9.97 Å². The molecule has 1 aromatic carbocycles. The topological polar surface area (TPSA) is 67.1 Å². The van der Waals surface area contributed by atoms with Crippen LogP contribution in [0.1, 0.15) is 19.5 Å². The Hall–Kier alpha value is -2.21. The van der Waals surface area contributed by atoms with Gasteiger partial charge in [0.15, 0.2) is 0 Å². The van der Waals surface area contributed by atoms with Crippen molar-refractivity contribution in [2.75, 3.05) is 23.3 Å². The number of rotatable bonds is 6. The minimum atomic E-state index is 0.248. The third-order valence-electron chi connectivity index (χ3n) is 3.17. The number of benzene rings is 1. The molecule has 1 aromatic heterocycles. The van der Waals surface area contributed by atoms with Gasteiger partial charge in [-0.1, -0.05) is 12.2 Å². The molecule has 0 unspecified atom stereocenters. The highest BCUT2D eigenvalue weighted by Gasteiger charge is 2.03. The first-order valence-corrected chi connectivity index (χ1v) is 7.28. The number of nitrogens with one attached hydrogen (secondary N) is 1. The molecule has 1 heterocycles. The molecule has 0 spiro atoms. The summed E-state index contributed by atoms with van der Waals surface area (Å²) in [6.07, 6.45) is 3.18. The highest BCUT2D eigenvalue weighted by atomic mass is 32.1. The lowest BCUT2D eigenvalue weighted by atomic mass is 10.2. The lowest BCUT2D eigenvalue weighted by molar-refractivity contribution is 0.866. The zero-order valence-corrected chi connectivity index (χ0v) is 13.0. The third-order valence-corrected chi connectivity index (χ3v) is 3.38. The number of anilines is 3. The summed E-state index contributed by atoms with van der Waals surface area (Å²) in [6.45, 7) is 6.29. The lowest BCUT2D eigenvalue weighted by Gasteiger charge is -2.21. The molecule has 2 aromatic rings. The zero-order valence-electron chi connectivity index (χ0n) is 12.2. The van der Waals surface area contributed by atoms with Gasteiger partial charge in [0.05, 0.1) is 12.4 Å². The van der Waals surface area contributed by atoms with Gasteiger partial charge in [-0.05, 0) is 38.1 Å². The van der Waals surface area contributed by atoms with Crippen molar-refractivity contribution in [3.05, 3.63) is 42.4 Å². The summed E-state index contributed by atoms with van der Waals surface area (Å²) in [4.78, 5) is 10.9. The van der Waals surface area contributed by atoms with Gasteiger partial charge in [-0.15, -0.1) is 0 Å². The van der Waals surface area contributed by atoms with E-state index in [4.69, 9.17) is 18.0 Å². The van der Waals surface area contributed by atoms with Crippen molar-refractivity contribution in [1.29, 1.82) is 0 Å². The van der Waals surface area contributed by atoms with E-state index in [1.165, 1.54) is 5.69 Å². The molecule has 110 valence electrons.